The number of unbranched alkanes of at least 4 members (excludes halogenated alkanes) is 1. The molecule has 0 aliphatic heterocycles. The van der Waals surface area contributed by atoms with Crippen molar-refractivity contribution in [2.45, 2.75) is 66.4 Å². The van der Waals surface area contributed by atoms with Gasteiger partial charge in [0.05, 0.1) is 5.41 Å². The lowest BCUT2D eigenvalue weighted by atomic mass is 9.74. The van der Waals surface area contributed by atoms with Crippen LogP contribution in [0.5, 0.6) is 0 Å². The molecule has 0 aromatic heterocycles. The minimum Gasteiger partial charge on any atom is -0.481 e. The smallest absolute Gasteiger partial charge is 0.407 e. The Balaban J connectivity index is 4.73. The molecule has 6 nitrogen and oxygen atoms in total. The number of aliphatic carboxylic acids is 1. The maximum absolute atomic E-state index is 11.8. The molecule has 136 valence electrons. The number of amides is 1. The number of hydrogen-bond donors (Lipinski definition) is 2. The van der Waals surface area contributed by atoms with Crippen LogP contribution >= 0.6 is 0 Å². The molecule has 0 aromatic carbocycles. The SMILES string of the molecule is CCCCOCCC(CNC(=O)OC(C)(C)C)(C(=O)O)C(C)C. The van der Waals surface area contributed by atoms with Gasteiger partial charge in [-0.05, 0) is 39.5 Å². The number of nitrogens with one attached hydrogen (secondary N) is 1. The zero-order valence-corrected chi connectivity index (χ0v) is 15.4. The lowest BCUT2D eigenvalue weighted by Crippen LogP contribution is -2.48. The van der Waals surface area contributed by atoms with Gasteiger partial charge in [0.15, 0.2) is 0 Å². The molecule has 0 saturated heterocycles. The first-order valence-electron chi connectivity index (χ1n) is 8.33. The van der Waals surface area contributed by atoms with Crippen LogP contribution < -0.4 is 5.32 Å². The van der Waals surface area contributed by atoms with Crippen LogP contribution in [0.4, 0.5) is 4.79 Å². The van der Waals surface area contributed by atoms with E-state index in [4.69, 9.17) is 9.47 Å². The lowest BCUT2D eigenvalue weighted by molar-refractivity contribution is -0.153. The monoisotopic (exact) mass is 331 g/mol. The number of carbonyl (C=O) groups is 2. The first-order chi connectivity index (χ1) is 10.5. The summed E-state index contributed by atoms with van der Waals surface area (Å²) in [5, 5.41) is 12.3. The van der Waals surface area contributed by atoms with Crippen molar-refractivity contribution in [3.05, 3.63) is 0 Å². The van der Waals surface area contributed by atoms with Crippen molar-refractivity contribution in [2.24, 2.45) is 11.3 Å². The molecule has 23 heavy (non-hydrogen) atoms. The summed E-state index contributed by atoms with van der Waals surface area (Å²) in [7, 11) is 0. The van der Waals surface area contributed by atoms with E-state index in [0.29, 0.717) is 19.6 Å². The van der Waals surface area contributed by atoms with Gasteiger partial charge < -0.3 is 19.9 Å². The van der Waals surface area contributed by atoms with Gasteiger partial charge in [0.2, 0.25) is 0 Å². The second-order valence-corrected chi connectivity index (χ2v) is 7.19. The van der Waals surface area contributed by atoms with Crippen LogP contribution in [-0.4, -0.2) is 42.5 Å². The second-order valence-electron chi connectivity index (χ2n) is 7.19. The highest BCUT2D eigenvalue weighted by Crippen LogP contribution is 2.31. The average molecular weight is 331 g/mol. The molecule has 0 radical (unpaired) electrons. The van der Waals surface area contributed by atoms with Crippen molar-refractivity contribution in [3.63, 3.8) is 0 Å². The van der Waals surface area contributed by atoms with E-state index in [-0.39, 0.29) is 12.5 Å². The van der Waals surface area contributed by atoms with Crippen LogP contribution in [0.25, 0.3) is 0 Å². The summed E-state index contributed by atoms with van der Waals surface area (Å²) >= 11 is 0. The molecule has 0 fully saturated rings. The standard InChI is InChI=1S/C17H33NO5/c1-7-8-10-22-11-9-17(13(2)3,14(19)20)12-18-15(21)23-16(4,5)6/h13H,7-12H2,1-6H3,(H,18,21)(H,19,20). The van der Waals surface area contributed by atoms with Crippen LogP contribution in [0.2, 0.25) is 0 Å². The molecule has 0 aliphatic rings. The fourth-order valence-corrected chi connectivity index (χ4v) is 2.16. The van der Waals surface area contributed by atoms with E-state index in [2.05, 4.69) is 12.2 Å². The van der Waals surface area contributed by atoms with Crippen molar-refractivity contribution in [1.29, 1.82) is 0 Å². The van der Waals surface area contributed by atoms with Crippen LogP contribution in [0, 0.1) is 11.3 Å². The predicted molar refractivity (Wildman–Crippen MR) is 89.5 cm³/mol. The highest BCUT2D eigenvalue weighted by Gasteiger charge is 2.42. The van der Waals surface area contributed by atoms with E-state index in [0.717, 1.165) is 12.8 Å². The Bertz CT molecular complexity index is 376. The molecule has 1 atom stereocenters. The zero-order chi connectivity index (χ0) is 18.1. The third-order valence-corrected chi connectivity index (χ3v) is 3.81. The van der Waals surface area contributed by atoms with E-state index in [1.165, 1.54) is 0 Å². The Morgan fingerprint density at radius 1 is 1.17 bits per heavy atom. The van der Waals surface area contributed by atoms with E-state index in [1.807, 2.05) is 13.8 Å². The summed E-state index contributed by atoms with van der Waals surface area (Å²) in [5.74, 6) is -1.08. The van der Waals surface area contributed by atoms with Crippen LogP contribution in [0.15, 0.2) is 0 Å². The molecule has 2 N–H and O–H groups in total. The van der Waals surface area contributed by atoms with Crippen molar-refractivity contribution < 1.29 is 24.2 Å². The maximum Gasteiger partial charge on any atom is 0.407 e. The van der Waals surface area contributed by atoms with Gasteiger partial charge in [-0.25, -0.2) is 4.79 Å². The summed E-state index contributed by atoms with van der Waals surface area (Å²) in [6.07, 6.45) is 1.74. The van der Waals surface area contributed by atoms with Crippen LogP contribution in [0.1, 0.15) is 60.8 Å². The third-order valence-electron chi connectivity index (χ3n) is 3.81. The Labute approximate surface area is 139 Å². The van der Waals surface area contributed by atoms with Gasteiger partial charge in [-0.3, -0.25) is 4.79 Å². The molecular formula is C17H33NO5. The molecule has 0 saturated carbocycles. The Morgan fingerprint density at radius 2 is 1.78 bits per heavy atom. The second kappa shape index (κ2) is 9.75. The highest BCUT2D eigenvalue weighted by molar-refractivity contribution is 5.76. The predicted octanol–water partition coefficient (Wildman–Crippen LogP) is 3.44. The number of carboxylic acids is 1. The van der Waals surface area contributed by atoms with Crippen molar-refractivity contribution in [3.8, 4) is 0 Å². The number of ether oxygens (including phenoxy) is 2. The number of carboxylic acid groups (broad SMARTS) is 1. The molecule has 0 heterocycles. The van der Waals surface area contributed by atoms with Crippen molar-refractivity contribution in [1.82, 2.24) is 5.32 Å². The molecule has 0 aliphatic carbocycles. The van der Waals surface area contributed by atoms with Crippen molar-refractivity contribution >= 4 is 12.1 Å². The quantitative estimate of drug-likeness (QED) is 0.599. The molecule has 0 rings (SSSR count). The number of alkyl carbamates (subject to hydrolysis) is 1. The summed E-state index contributed by atoms with van der Waals surface area (Å²) in [6.45, 7) is 12.1. The van der Waals surface area contributed by atoms with Gasteiger partial charge in [-0.1, -0.05) is 27.2 Å². The average Bonchev–Trinajstić information content (AvgIpc) is 2.39. The summed E-state index contributed by atoms with van der Waals surface area (Å²) in [5.41, 5.74) is -1.68. The van der Waals surface area contributed by atoms with Crippen LogP contribution in [0.3, 0.4) is 0 Å². The number of rotatable bonds is 10. The fourth-order valence-electron chi connectivity index (χ4n) is 2.16. The summed E-state index contributed by atoms with van der Waals surface area (Å²) in [4.78, 5) is 23.6. The minimum atomic E-state index is -1.07. The summed E-state index contributed by atoms with van der Waals surface area (Å²) in [6, 6.07) is 0. The molecule has 0 bridgehead atoms. The van der Waals surface area contributed by atoms with Gasteiger partial charge in [-0.2, -0.15) is 0 Å². The first-order valence-corrected chi connectivity index (χ1v) is 8.33. The topological polar surface area (TPSA) is 84.9 Å². The Kier molecular flexibility index (Phi) is 9.20. The first kappa shape index (κ1) is 21.7. The third kappa shape index (κ3) is 8.21. The van der Waals surface area contributed by atoms with E-state index < -0.39 is 23.1 Å². The van der Waals surface area contributed by atoms with Gasteiger partial charge >= 0.3 is 12.1 Å². The highest BCUT2D eigenvalue weighted by atomic mass is 16.6. The van der Waals surface area contributed by atoms with E-state index in [1.54, 1.807) is 20.8 Å². The van der Waals surface area contributed by atoms with E-state index in [9.17, 15) is 14.7 Å². The molecule has 1 amide bonds. The number of hydrogen-bond acceptors (Lipinski definition) is 4. The molecule has 0 spiro atoms. The molecular weight excluding hydrogens is 298 g/mol. The lowest BCUT2D eigenvalue weighted by Gasteiger charge is -2.33. The van der Waals surface area contributed by atoms with Gasteiger partial charge in [0.25, 0.3) is 0 Å². The zero-order valence-electron chi connectivity index (χ0n) is 15.4. The van der Waals surface area contributed by atoms with Gasteiger partial charge in [0, 0.05) is 19.8 Å². The fraction of sp³-hybridized carbons (Fsp3) is 0.882. The summed E-state index contributed by atoms with van der Waals surface area (Å²) < 4.78 is 10.7. The van der Waals surface area contributed by atoms with Gasteiger partial charge in [0.1, 0.15) is 5.60 Å². The van der Waals surface area contributed by atoms with Crippen molar-refractivity contribution in [2.75, 3.05) is 19.8 Å². The largest absolute Gasteiger partial charge is 0.481 e. The van der Waals surface area contributed by atoms with E-state index >= 15 is 0 Å². The Hall–Kier alpha value is -1.30. The number of carbonyl (C=O) groups excluding carboxylic acids is 1. The Morgan fingerprint density at radius 3 is 2.22 bits per heavy atom. The molecule has 6 heteroatoms. The maximum atomic E-state index is 11.8. The molecule has 1 unspecified atom stereocenters. The van der Waals surface area contributed by atoms with Crippen LogP contribution in [-0.2, 0) is 14.3 Å². The van der Waals surface area contributed by atoms with Gasteiger partial charge in [-0.15, -0.1) is 0 Å². The minimum absolute atomic E-state index is 0.0199. The normalized spacial score (nSPS) is 14.4. The molecule has 0 aromatic rings.